The predicted molar refractivity (Wildman–Crippen MR) is 75.3 cm³/mol. The van der Waals surface area contributed by atoms with Gasteiger partial charge in [0.2, 0.25) is 0 Å². The van der Waals surface area contributed by atoms with E-state index in [4.69, 9.17) is 0 Å². The average Bonchev–Trinajstić information content (AvgIpc) is 2.29. The molecule has 2 heteroatoms. The average molecular weight is 237 g/mol. The molecule has 1 aromatic rings. The molecule has 0 bridgehead atoms. The maximum atomic E-state index is 3.40. The molecular formula is C14H23NS. The van der Waals surface area contributed by atoms with Crippen molar-refractivity contribution in [1.82, 2.24) is 5.32 Å². The van der Waals surface area contributed by atoms with E-state index in [0.29, 0.717) is 6.04 Å². The third-order valence-corrected chi connectivity index (χ3v) is 4.18. The van der Waals surface area contributed by atoms with Gasteiger partial charge in [-0.25, -0.2) is 0 Å². The molecule has 1 atom stereocenters. The molecule has 0 aliphatic carbocycles. The number of thioether (sulfide) groups is 1. The zero-order valence-corrected chi connectivity index (χ0v) is 11.7. The molecule has 0 fully saturated rings. The Labute approximate surface area is 104 Å². The Morgan fingerprint density at radius 2 is 2.00 bits per heavy atom. The molecule has 0 saturated heterocycles. The summed E-state index contributed by atoms with van der Waals surface area (Å²) in [5.74, 6) is 2.41. The van der Waals surface area contributed by atoms with Crippen molar-refractivity contribution in [1.29, 1.82) is 0 Å². The van der Waals surface area contributed by atoms with Crippen LogP contribution in [0.3, 0.4) is 0 Å². The van der Waals surface area contributed by atoms with Gasteiger partial charge in [0, 0.05) is 11.8 Å². The number of nitrogens with one attached hydrogen (secondary N) is 1. The maximum absolute atomic E-state index is 3.40. The van der Waals surface area contributed by atoms with Gasteiger partial charge in [-0.15, -0.1) is 0 Å². The first kappa shape index (κ1) is 13.6. The minimum absolute atomic E-state index is 0.482. The van der Waals surface area contributed by atoms with Crippen molar-refractivity contribution in [3.05, 3.63) is 34.9 Å². The fraction of sp³-hybridized carbons (Fsp3) is 0.571. The van der Waals surface area contributed by atoms with Crippen LogP contribution < -0.4 is 5.32 Å². The van der Waals surface area contributed by atoms with E-state index in [1.54, 1.807) is 0 Å². The van der Waals surface area contributed by atoms with Crippen molar-refractivity contribution in [2.75, 3.05) is 18.6 Å². The summed E-state index contributed by atoms with van der Waals surface area (Å²) < 4.78 is 0. The molecule has 1 unspecified atom stereocenters. The summed E-state index contributed by atoms with van der Waals surface area (Å²) in [4.78, 5) is 0. The monoisotopic (exact) mass is 237 g/mol. The largest absolute Gasteiger partial charge is 0.312 e. The second-order valence-corrected chi connectivity index (χ2v) is 5.41. The summed E-state index contributed by atoms with van der Waals surface area (Å²) in [5.41, 5.74) is 4.17. The van der Waals surface area contributed by atoms with E-state index in [0.717, 1.165) is 5.75 Å². The van der Waals surface area contributed by atoms with Crippen LogP contribution >= 0.6 is 11.8 Å². The Hall–Kier alpha value is -0.470. The van der Waals surface area contributed by atoms with Crippen LogP contribution in [0.4, 0.5) is 0 Å². The van der Waals surface area contributed by atoms with E-state index in [-0.39, 0.29) is 0 Å². The molecule has 0 aliphatic rings. The first-order valence-electron chi connectivity index (χ1n) is 6.01. The van der Waals surface area contributed by atoms with Gasteiger partial charge >= 0.3 is 0 Å². The lowest BCUT2D eigenvalue weighted by Crippen LogP contribution is -2.19. The van der Waals surface area contributed by atoms with Gasteiger partial charge in [-0.1, -0.05) is 25.1 Å². The van der Waals surface area contributed by atoms with E-state index < -0.39 is 0 Å². The van der Waals surface area contributed by atoms with Crippen LogP contribution in [0.25, 0.3) is 0 Å². The third kappa shape index (κ3) is 3.84. The standard InChI is InChI=1S/C14H23NS/c1-5-8-16-10-14(15-4)13-7-6-11(2)12(3)9-13/h6-7,9,14-15H,5,8,10H2,1-4H3. The molecule has 1 rings (SSSR count). The van der Waals surface area contributed by atoms with Gasteiger partial charge in [0.15, 0.2) is 0 Å². The molecule has 0 aliphatic heterocycles. The topological polar surface area (TPSA) is 12.0 Å². The summed E-state index contributed by atoms with van der Waals surface area (Å²) >= 11 is 2.03. The SMILES string of the molecule is CCCSCC(NC)c1ccc(C)c(C)c1. The quantitative estimate of drug-likeness (QED) is 0.757. The number of rotatable bonds is 6. The fourth-order valence-corrected chi connectivity index (χ4v) is 2.72. The van der Waals surface area contributed by atoms with Crippen molar-refractivity contribution < 1.29 is 0 Å². The lowest BCUT2D eigenvalue weighted by Gasteiger charge is -2.17. The summed E-state index contributed by atoms with van der Waals surface area (Å²) in [7, 11) is 2.05. The molecule has 0 heterocycles. The summed E-state index contributed by atoms with van der Waals surface area (Å²) in [6, 6.07) is 7.26. The molecule has 0 spiro atoms. The van der Waals surface area contributed by atoms with Gasteiger partial charge in [0.1, 0.15) is 0 Å². The van der Waals surface area contributed by atoms with Crippen LogP contribution in [0.5, 0.6) is 0 Å². The van der Waals surface area contributed by atoms with Gasteiger partial charge in [-0.2, -0.15) is 11.8 Å². The zero-order chi connectivity index (χ0) is 12.0. The van der Waals surface area contributed by atoms with E-state index in [1.807, 2.05) is 18.8 Å². The van der Waals surface area contributed by atoms with Crippen LogP contribution in [0.1, 0.15) is 36.1 Å². The van der Waals surface area contributed by atoms with Crippen molar-refractivity contribution in [3.63, 3.8) is 0 Å². The summed E-state index contributed by atoms with van der Waals surface area (Å²) in [5, 5.41) is 3.40. The maximum Gasteiger partial charge on any atom is 0.0409 e. The zero-order valence-electron chi connectivity index (χ0n) is 10.8. The lowest BCUT2D eigenvalue weighted by molar-refractivity contribution is 0.661. The molecule has 0 saturated carbocycles. The minimum atomic E-state index is 0.482. The second kappa shape index (κ2) is 6.97. The van der Waals surface area contributed by atoms with Gasteiger partial charge in [0.25, 0.3) is 0 Å². The Morgan fingerprint density at radius 3 is 2.56 bits per heavy atom. The van der Waals surface area contributed by atoms with Crippen molar-refractivity contribution in [3.8, 4) is 0 Å². The van der Waals surface area contributed by atoms with Crippen molar-refractivity contribution in [2.45, 2.75) is 33.2 Å². The molecule has 1 aromatic carbocycles. The van der Waals surface area contributed by atoms with Gasteiger partial charge in [0.05, 0.1) is 0 Å². The number of hydrogen-bond donors (Lipinski definition) is 1. The summed E-state index contributed by atoms with van der Waals surface area (Å²) in [6.07, 6.45) is 1.26. The Kier molecular flexibility index (Phi) is 5.93. The Bertz CT molecular complexity index is 323. The van der Waals surface area contributed by atoms with E-state index in [1.165, 1.54) is 28.9 Å². The highest BCUT2D eigenvalue weighted by Crippen LogP contribution is 2.21. The van der Waals surface area contributed by atoms with Crippen molar-refractivity contribution >= 4 is 11.8 Å². The van der Waals surface area contributed by atoms with Crippen LogP contribution in [0.2, 0.25) is 0 Å². The van der Waals surface area contributed by atoms with E-state index in [2.05, 4.69) is 44.3 Å². The number of hydrogen-bond acceptors (Lipinski definition) is 2. The van der Waals surface area contributed by atoms with Crippen LogP contribution in [0.15, 0.2) is 18.2 Å². The molecule has 0 aromatic heterocycles. The highest BCUT2D eigenvalue weighted by Gasteiger charge is 2.09. The molecule has 0 amide bonds. The van der Waals surface area contributed by atoms with Gasteiger partial charge in [-0.05, 0) is 49.8 Å². The Balaban J connectivity index is 2.67. The highest BCUT2D eigenvalue weighted by molar-refractivity contribution is 7.99. The van der Waals surface area contributed by atoms with Crippen molar-refractivity contribution in [2.24, 2.45) is 0 Å². The van der Waals surface area contributed by atoms with Crippen LogP contribution in [0, 0.1) is 13.8 Å². The van der Waals surface area contributed by atoms with Crippen LogP contribution in [-0.2, 0) is 0 Å². The minimum Gasteiger partial charge on any atom is -0.312 e. The first-order chi connectivity index (χ1) is 7.69. The lowest BCUT2D eigenvalue weighted by atomic mass is 10.0. The van der Waals surface area contributed by atoms with Gasteiger partial charge in [-0.3, -0.25) is 0 Å². The van der Waals surface area contributed by atoms with Crippen LogP contribution in [-0.4, -0.2) is 18.6 Å². The second-order valence-electron chi connectivity index (χ2n) is 4.26. The molecule has 1 nitrogen and oxygen atoms in total. The van der Waals surface area contributed by atoms with Gasteiger partial charge < -0.3 is 5.32 Å². The normalized spacial score (nSPS) is 12.8. The number of benzene rings is 1. The number of aryl methyl sites for hydroxylation is 2. The fourth-order valence-electron chi connectivity index (χ4n) is 1.67. The molecule has 0 radical (unpaired) electrons. The Morgan fingerprint density at radius 1 is 1.25 bits per heavy atom. The smallest absolute Gasteiger partial charge is 0.0409 e. The molecular weight excluding hydrogens is 214 g/mol. The third-order valence-electron chi connectivity index (χ3n) is 2.91. The first-order valence-corrected chi connectivity index (χ1v) is 7.16. The predicted octanol–water partition coefficient (Wildman–Crippen LogP) is 3.71. The molecule has 16 heavy (non-hydrogen) atoms. The molecule has 1 N–H and O–H groups in total. The highest BCUT2D eigenvalue weighted by atomic mass is 32.2. The molecule has 90 valence electrons. The van der Waals surface area contributed by atoms with E-state index in [9.17, 15) is 0 Å². The van der Waals surface area contributed by atoms with E-state index >= 15 is 0 Å². The summed E-state index contributed by atoms with van der Waals surface area (Å²) in [6.45, 7) is 6.58.